The van der Waals surface area contributed by atoms with Crippen LogP contribution in [0.3, 0.4) is 0 Å². The van der Waals surface area contributed by atoms with Crippen molar-refractivity contribution in [1.82, 2.24) is 4.98 Å². The predicted octanol–water partition coefficient (Wildman–Crippen LogP) is 3.44. The van der Waals surface area contributed by atoms with Crippen LogP contribution >= 0.6 is 11.3 Å². The molecule has 0 aliphatic rings. The maximum absolute atomic E-state index is 5.41. The number of benzene rings is 1. The minimum Gasteiger partial charge on any atom is -0.496 e. The van der Waals surface area contributed by atoms with Gasteiger partial charge in [-0.2, -0.15) is 0 Å². The molecule has 1 aromatic carbocycles. The summed E-state index contributed by atoms with van der Waals surface area (Å²) in [5, 5.41) is 3.07. The van der Waals surface area contributed by atoms with Crippen molar-refractivity contribution in [2.24, 2.45) is 0 Å². The van der Waals surface area contributed by atoms with E-state index in [2.05, 4.69) is 10.4 Å². The number of hydrogen-bond donors (Lipinski definition) is 0. The van der Waals surface area contributed by atoms with Gasteiger partial charge in [-0.05, 0) is 25.5 Å². The third-order valence-electron chi connectivity index (χ3n) is 2.27. The minimum atomic E-state index is 0.923. The highest BCUT2D eigenvalue weighted by Gasteiger charge is 2.10. The maximum atomic E-state index is 5.41. The Hall–Kier alpha value is -1.35. The highest BCUT2D eigenvalue weighted by atomic mass is 32.1. The Morgan fingerprint density at radius 1 is 1.27 bits per heavy atom. The van der Waals surface area contributed by atoms with Crippen LogP contribution in [-0.2, 0) is 0 Å². The molecule has 0 unspecified atom stereocenters. The average Bonchev–Trinajstić information content (AvgIpc) is 2.64. The molecule has 0 aliphatic heterocycles. The van der Waals surface area contributed by atoms with Gasteiger partial charge in [0.1, 0.15) is 10.8 Å². The summed E-state index contributed by atoms with van der Waals surface area (Å²) in [5.41, 5.74) is 3.28. The van der Waals surface area contributed by atoms with Gasteiger partial charge in [0.25, 0.3) is 0 Å². The molecule has 3 heteroatoms. The fraction of sp³-hybridized carbons (Fsp3) is 0.250. The Morgan fingerprint density at radius 3 is 2.67 bits per heavy atom. The molecule has 0 aliphatic carbocycles. The first kappa shape index (κ1) is 10.2. The number of ether oxygens (including phenoxy) is 1. The molecule has 0 radical (unpaired) electrons. The van der Waals surface area contributed by atoms with E-state index in [1.54, 1.807) is 18.4 Å². The summed E-state index contributed by atoms with van der Waals surface area (Å²) in [5.74, 6) is 0.923. The van der Waals surface area contributed by atoms with Crippen LogP contribution in [0.25, 0.3) is 10.6 Å². The molecule has 0 atom stereocenters. The van der Waals surface area contributed by atoms with Gasteiger partial charge in [-0.1, -0.05) is 12.1 Å². The molecule has 0 N–H and O–H groups in total. The summed E-state index contributed by atoms with van der Waals surface area (Å²) in [7, 11) is 1.70. The van der Waals surface area contributed by atoms with E-state index < -0.39 is 0 Å². The van der Waals surface area contributed by atoms with Gasteiger partial charge in [0, 0.05) is 11.1 Å². The molecule has 0 saturated heterocycles. The number of rotatable bonds is 2. The zero-order valence-corrected chi connectivity index (χ0v) is 9.89. The molecule has 2 nitrogen and oxygen atoms in total. The van der Waals surface area contributed by atoms with E-state index in [0.717, 1.165) is 27.6 Å². The monoisotopic (exact) mass is 219 g/mol. The van der Waals surface area contributed by atoms with E-state index in [4.69, 9.17) is 4.74 Å². The van der Waals surface area contributed by atoms with Crippen molar-refractivity contribution >= 4 is 11.3 Å². The number of nitrogens with zero attached hydrogens (tertiary/aromatic N) is 1. The molecular weight excluding hydrogens is 206 g/mol. The average molecular weight is 219 g/mol. The first-order valence-electron chi connectivity index (χ1n) is 4.78. The second-order valence-electron chi connectivity index (χ2n) is 3.45. The number of aryl methyl sites for hydroxylation is 2. The molecule has 15 heavy (non-hydrogen) atoms. The Morgan fingerprint density at radius 2 is 2.07 bits per heavy atom. The summed E-state index contributed by atoms with van der Waals surface area (Å²) in [6, 6.07) is 6.12. The highest BCUT2D eigenvalue weighted by Crippen LogP contribution is 2.34. The fourth-order valence-electron chi connectivity index (χ4n) is 1.57. The van der Waals surface area contributed by atoms with Gasteiger partial charge in [-0.15, -0.1) is 11.3 Å². The summed E-state index contributed by atoms with van der Waals surface area (Å²) >= 11 is 1.65. The lowest BCUT2D eigenvalue weighted by Gasteiger charge is -2.08. The van der Waals surface area contributed by atoms with Crippen molar-refractivity contribution in [1.29, 1.82) is 0 Å². The van der Waals surface area contributed by atoms with Crippen molar-refractivity contribution in [3.05, 3.63) is 34.8 Å². The molecule has 78 valence electrons. The van der Waals surface area contributed by atoms with Crippen molar-refractivity contribution in [2.45, 2.75) is 13.8 Å². The van der Waals surface area contributed by atoms with Gasteiger partial charge in [0.05, 0.1) is 12.7 Å². The smallest absolute Gasteiger partial charge is 0.132 e. The van der Waals surface area contributed by atoms with Crippen LogP contribution in [0.1, 0.15) is 11.3 Å². The van der Waals surface area contributed by atoms with Crippen LogP contribution in [0, 0.1) is 13.8 Å². The zero-order chi connectivity index (χ0) is 10.8. The van der Waals surface area contributed by atoms with E-state index >= 15 is 0 Å². The van der Waals surface area contributed by atoms with Crippen LogP contribution in [0.15, 0.2) is 23.6 Å². The number of thiazole rings is 1. The third-order valence-corrected chi connectivity index (χ3v) is 3.26. The molecule has 2 rings (SSSR count). The highest BCUT2D eigenvalue weighted by molar-refractivity contribution is 7.13. The van der Waals surface area contributed by atoms with Gasteiger partial charge < -0.3 is 4.74 Å². The number of para-hydroxylation sites is 1. The second-order valence-corrected chi connectivity index (χ2v) is 4.31. The van der Waals surface area contributed by atoms with Crippen molar-refractivity contribution in [2.75, 3.05) is 7.11 Å². The first-order valence-corrected chi connectivity index (χ1v) is 5.66. The van der Waals surface area contributed by atoms with Crippen LogP contribution in [0.5, 0.6) is 5.75 Å². The van der Waals surface area contributed by atoms with Crippen LogP contribution < -0.4 is 4.74 Å². The Kier molecular flexibility index (Phi) is 2.73. The van der Waals surface area contributed by atoms with E-state index in [9.17, 15) is 0 Å². The van der Waals surface area contributed by atoms with Gasteiger partial charge in [-0.3, -0.25) is 0 Å². The van der Waals surface area contributed by atoms with E-state index in [1.807, 2.05) is 32.0 Å². The fourth-order valence-corrected chi connectivity index (χ4v) is 2.39. The third kappa shape index (κ3) is 1.88. The summed E-state index contributed by atoms with van der Waals surface area (Å²) in [4.78, 5) is 4.47. The lowest BCUT2D eigenvalue weighted by molar-refractivity contribution is 0.413. The largest absolute Gasteiger partial charge is 0.496 e. The second kappa shape index (κ2) is 4.03. The molecule has 1 heterocycles. The quantitative estimate of drug-likeness (QED) is 0.772. The normalized spacial score (nSPS) is 10.3. The molecule has 2 aromatic rings. The van der Waals surface area contributed by atoms with Crippen molar-refractivity contribution < 1.29 is 4.74 Å². The number of aromatic nitrogens is 1. The lowest BCUT2D eigenvalue weighted by atomic mass is 10.1. The molecule has 0 saturated carbocycles. The molecule has 0 bridgehead atoms. The molecule has 0 fully saturated rings. The zero-order valence-electron chi connectivity index (χ0n) is 9.07. The SMILES string of the molecule is COc1c(C)cccc1-c1nc(C)cs1. The van der Waals surface area contributed by atoms with Crippen molar-refractivity contribution in [3.63, 3.8) is 0 Å². The van der Waals surface area contributed by atoms with Crippen molar-refractivity contribution in [3.8, 4) is 16.3 Å². The van der Waals surface area contributed by atoms with Crippen LogP contribution in [0.4, 0.5) is 0 Å². The van der Waals surface area contributed by atoms with Gasteiger partial charge in [0.2, 0.25) is 0 Å². The maximum Gasteiger partial charge on any atom is 0.132 e. The summed E-state index contributed by atoms with van der Waals surface area (Å²) < 4.78 is 5.41. The summed E-state index contributed by atoms with van der Waals surface area (Å²) in [6.45, 7) is 4.05. The number of hydrogen-bond acceptors (Lipinski definition) is 3. The Balaban J connectivity index is 2.57. The topological polar surface area (TPSA) is 22.1 Å². The molecule has 0 amide bonds. The minimum absolute atomic E-state index is 0.923. The molecular formula is C12H13NOS. The first-order chi connectivity index (χ1) is 7.22. The summed E-state index contributed by atoms with van der Waals surface area (Å²) in [6.07, 6.45) is 0. The molecule has 1 aromatic heterocycles. The molecule has 0 spiro atoms. The predicted molar refractivity (Wildman–Crippen MR) is 63.6 cm³/mol. The van der Waals surface area contributed by atoms with E-state index in [0.29, 0.717) is 0 Å². The number of methoxy groups -OCH3 is 1. The van der Waals surface area contributed by atoms with E-state index in [1.165, 1.54) is 0 Å². The lowest BCUT2D eigenvalue weighted by Crippen LogP contribution is -1.90. The Labute approximate surface area is 93.6 Å². The van der Waals surface area contributed by atoms with Gasteiger partial charge >= 0.3 is 0 Å². The van der Waals surface area contributed by atoms with Crippen LogP contribution in [0.2, 0.25) is 0 Å². The van der Waals surface area contributed by atoms with E-state index in [-0.39, 0.29) is 0 Å². The van der Waals surface area contributed by atoms with Crippen LogP contribution in [-0.4, -0.2) is 12.1 Å². The Bertz CT molecular complexity index is 476. The standard InChI is InChI=1S/C12H13NOS/c1-8-5-4-6-10(11(8)14-3)12-13-9(2)7-15-12/h4-7H,1-3H3. The van der Waals surface area contributed by atoms with Gasteiger partial charge in [-0.25, -0.2) is 4.98 Å². The van der Waals surface area contributed by atoms with Gasteiger partial charge in [0.15, 0.2) is 0 Å².